The van der Waals surface area contributed by atoms with E-state index >= 15 is 0 Å². The summed E-state index contributed by atoms with van der Waals surface area (Å²) >= 11 is 0. The molecule has 1 aliphatic rings. The van der Waals surface area contributed by atoms with Crippen LogP contribution in [0.3, 0.4) is 0 Å². The van der Waals surface area contributed by atoms with Crippen LogP contribution in [0.4, 0.5) is 0 Å². The van der Waals surface area contributed by atoms with Crippen molar-refractivity contribution in [1.82, 2.24) is 0 Å². The molecule has 0 radical (unpaired) electrons. The number of hydrogen-bond acceptors (Lipinski definition) is 2. The molecule has 0 fully saturated rings. The molecule has 1 aromatic rings. The monoisotopic (exact) mass is 206 g/mol. The van der Waals surface area contributed by atoms with Crippen LogP contribution < -0.4 is 0 Å². The largest absolute Gasteiger partial charge is 0.478 e. The van der Waals surface area contributed by atoms with Crippen molar-refractivity contribution in [2.45, 2.75) is 19.3 Å². The number of carbonyl (C=O) groups is 2. The molecule has 2 rings (SSSR count). The van der Waals surface area contributed by atoms with Gasteiger partial charge < -0.3 is 10.2 Å². The Morgan fingerprint density at radius 2 is 1.33 bits per heavy atom. The second-order valence-corrected chi connectivity index (χ2v) is 3.58. The van der Waals surface area contributed by atoms with Gasteiger partial charge in [0.25, 0.3) is 0 Å². The van der Waals surface area contributed by atoms with Crippen molar-refractivity contribution in [3.63, 3.8) is 0 Å². The van der Waals surface area contributed by atoms with E-state index < -0.39 is 11.9 Å². The maximum absolute atomic E-state index is 10.9. The van der Waals surface area contributed by atoms with Crippen LogP contribution in [0.5, 0.6) is 0 Å². The van der Waals surface area contributed by atoms with Crippen LogP contribution in [0.2, 0.25) is 0 Å². The summed E-state index contributed by atoms with van der Waals surface area (Å²) in [5, 5.41) is 17.9. The fourth-order valence-electron chi connectivity index (χ4n) is 2.11. The molecule has 1 aliphatic carbocycles. The Hall–Kier alpha value is -1.84. The van der Waals surface area contributed by atoms with Crippen molar-refractivity contribution >= 4 is 11.9 Å². The molecule has 15 heavy (non-hydrogen) atoms. The van der Waals surface area contributed by atoms with E-state index in [2.05, 4.69) is 0 Å². The Bertz CT molecular complexity index is 407. The highest BCUT2D eigenvalue weighted by Gasteiger charge is 2.23. The maximum atomic E-state index is 10.9. The number of hydrogen-bond donors (Lipinski definition) is 2. The molecule has 1 aromatic carbocycles. The predicted octanol–water partition coefficient (Wildman–Crippen LogP) is 1.57. The number of aromatic carboxylic acids is 2. The van der Waals surface area contributed by atoms with Crippen molar-refractivity contribution in [3.05, 3.63) is 34.4 Å². The molecule has 2 N–H and O–H groups in total. The average molecular weight is 206 g/mol. The number of fused-ring (bicyclic) bond motifs is 1. The van der Waals surface area contributed by atoms with Crippen LogP contribution in [-0.2, 0) is 12.8 Å². The van der Waals surface area contributed by atoms with Gasteiger partial charge in [0.05, 0.1) is 11.1 Å². The highest BCUT2D eigenvalue weighted by Crippen LogP contribution is 2.28. The predicted molar refractivity (Wildman–Crippen MR) is 52.4 cm³/mol. The summed E-state index contributed by atoms with van der Waals surface area (Å²) in [6.07, 6.45) is 2.16. The first-order chi connectivity index (χ1) is 7.11. The van der Waals surface area contributed by atoms with Gasteiger partial charge in [-0.3, -0.25) is 0 Å². The Labute approximate surface area is 86.2 Å². The van der Waals surface area contributed by atoms with Crippen LogP contribution in [0.25, 0.3) is 0 Å². The Morgan fingerprint density at radius 3 is 1.67 bits per heavy atom. The lowest BCUT2D eigenvalue weighted by molar-refractivity contribution is 0.0679. The van der Waals surface area contributed by atoms with Crippen LogP contribution in [0.1, 0.15) is 38.3 Å². The van der Waals surface area contributed by atoms with Gasteiger partial charge in [-0.15, -0.1) is 0 Å². The van der Waals surface area contributed by atoms with E-state index in [9.17, 15) is 9.59 Å². The molecule has 0 spiro atoms. The second kappa shape index (κ2) is 3.38. The van der Waals surface area contributed by atoms with Gasteiger partial charge in [0.1, 0.15) is 0 Å². The topological polar surface area (TPSA) is 74.6 Å². The van der Waals surface area contributed by atoms with Crippen molar-refractivity contribution in [1.29, 1.82) is 0 Å². The zero-order valence-electron chi connectivity index (χ0n) is 7.99. The third-order valence-electron chi connectivity index (χ3n) is 2.75. The smallest absolute Gasteiger partial charge is 0.335 e. The molecule has 0 saturated carbocycles. The van der Waals surface area contributed by atoms with Gasteiger partial charge in [0.2, 0.25) is 0 Å². The summed E-state index contributed by atoms with van der Waals surface area (Å²) in [5.74, 6) is -1.96. The minimum absolute atomic E-state index is 0.243. The van der Waals surface area contributed by atoms with Gasteiger partial charge in [0, 0.05) is 0 Å². The fourth-order valence-corrected chi connectivity index (χ4v) is 2.11. The standard InChI is InChI=1S/C11H10O4/c12-10(13)8-4-5-9(11(14)15)7-3-1-2-6(7)8/h4-5H,1-3H2,(H,12,13)(H,14,15). The zero-order valence-corrected chi connectivity index (χ0v) is 7.99. The van der Waals surface area contributed by atoms with Crippen molar-refractivity contribution in [2.75, 3.05) is 0 Å². The van der Waals surface area contributed by atoms with Crippen LogP contribution in [0, 0.1) is 0 Å². The van der Waals surface area contributed by atoms with Crippen LogP contribution in [-0.4, -0.2) is 22.2 Å². The molecule has 78 valence electrons. The van der Waals surface area contributed by atoms with Crippen LogP contribution in [0.15, 0.2) is 12.1 Å². The quantitative estimate of drug-likeness (QED) is 0.770. The third-order valence-corrected chi connectivity index (χ3v) is 2.75. The van der Waals surface area contributed by atoms with Gasteiger partial charge >= 0.3 is 11.9 Å². The highest BCUT2D eigenvalue weighted by molar-refractivity contribution is 5.95. The molecule has 4 heteroatoms. The minimum Gasteiger partial charge on any atom is -0.478 e. The van der Waals surface area contributed by atoms with Gasteiger partial charge in [-0.05, 0) is 42.5 Å². The summed E-state index contributed by atoms with van der Waals surface area (Å²) in [5.41, 5.74) is 1.88. The molecule has 0 bridgehead atoms. The summed E-state index contributed by atoms with van der Waals surface area (Å²) in [6.45, 7) is 0. The molecule has 0 aromatic heterocycles. The molecular formula is C11H10O4. The first-order valence-corrected chi connectivity index (χ1v) is 4.72. The fraction of sp³-hybridized carbons (Fsp3) is 0.273. The Balaban J connectivity index is 2.64. The maximum Gasteiger partial charge on any atom is 0.335 e. The van der Waals surface area contributed by atoms with E-state index in [0.717, 1.165) is 6.42 Å². The first-order valence-electron chi connectivity index (χ1n) is 4.72. The zero-order chi connectivity index (χ0) is 11.0. The lowest BCUT2D eigenvalue weighted by Crippen LogP contribution is -2.07. The average Bonchev–Trinajstić information content (AvgIpc) is 2.63. The number of benzene rings is 1. The van der Waals surface area contributed by atoms with Gasteiger partial charge in [-0.25, -0.2) is 9.59 Å². The van der Waals surface area contributed by atoms with Crippen molar-refractivity contribution in [3.8, 4) is 0 Å². The Kier molecular flexibility index (Phi) is 2.19. The molecule has 0 aliphatic heterocycles. The summed E-state index contributed by atoms with van der Waals surface area (Å²) in [7, 11) is 0. The molecule has 0 heterocycles. The van der Waals surface area contributed by atoms with E-state index in [1.807, 2.05) is 0 Å². The molecule has 0 saturated heterocycles. The van der Waals surface area contributed by atoms with E-state index in [0.29, 0.717) is 24.0 Å². The van der Waals surface area contributed by atoms with E-state index in [1.54, 1.807) is 0 Å². The number of carboxylic acid groups (broad SMARTS) is 2. The molecule has 0 atom stereocenters. The lowest BCUT2D eigenvalue weighted by Gasteiger charge is -2.07. The molecule has 4 nitrogen and oxygen atoms in total. The van der Waals surface area contributed by atoms with Gasteiger partial charge in [0.15, 0.2) is 0 Å². The SMILES string of the molecule is O=C(O)c1ccc(C(=O)O)c2c1CCC2. The van der Waals surface area contributed by atoms with E-state index in [4.69, 9.17) is 10.2 Å². The first kappa shape index (κ1) is 9.71. The Morgan fingerprint density at radius 1 is 0.933 bits per heavy atom. The summed E-state index contributed by atoms with van der Waals surface area (Å²) < 4.78 is 0. The van der Waals surface area contributed by atoms with Crippen molar-refractivity contribution in [2.24, 2.45) is 0 Å². The second-order valence-electron chi connectivity index (χ2n) is 3.58. The normalized spacial score (nSPS) is 13.6. The number of carboxylic acids is 2. The minimum atomic E-state index is -0.981. The lowest BCUT2D eigenvalue weighted by atomic mass is 9.98. The van der Waals surface area contributed by atoms with Crippen molar-refractivity contribution < 1.29 is 19.8 Å². The third kappa shape index (κ3) is 1.48. The van der Waals surface area contributed by atoms with Gasteiger partial charge in [-0.1, -0.05) is 0 Å². The highest BCUT2D eigenvalue weighted by atomic mass is 16.4. The summed E-state index contributed by atoms with van der Waals surface area (Å²) in [4.78, 5) is 21.8. The molecule has 0 unspecified atom stereocenters. The van der Waals surface area contributed by atoms with E-state index in [1.165, 1.54) is 12.1 Å². The van der Waals surface area contributed by atoms with E-state index in [-0.39, 0.29) is 11.1 Å². The number of rotatable bonds is 2. The van der Waals surface area contributed by atoms with Crippen LogP contribution >= 0.6 is 0 Å². The molecular weight excluding hydrogens is 196 g/mol. The molecule has 0 amide bonds. The summed E-state index contributed by atoms with van der Waals surface area (Å²) in [6, 6.07) is 2.77. The van der Waals surface area contributed by atoms with Gasteiger partial charge in [-0.2, -0.15) is 0 Å².